The number of amides is 2. The minimum atomic E-state index is -4.42. The first kappa shape index (κ1) is 24.7. The van der Waals surface area contributed by atoms with Crippen molar-refractivity contribution in [1.82, 2.24) is 19.9 Å². The average Bonchev–Trinajstić information content (AvgIpc) is 3.17. The Balaban J connectivity index is 1.55. The van der Waals surface area contributed by atoms with Crippen molar-refractivity contribution in [3.8, 4) is 0 Å². The molecular formula is C23H24F3N5O3. The molecule has 3 aromatic rings. The number of alkyl carbamates (subject to hydrolysis) is 1. The molecule has 0 aliphatic heterocycles. The number of pyridine rings is 1. The number of carbonyl (C=O) groups excluding carboxylic acids is 2. The Morgan fingerprint density at radius 2 is 1.85 bits per heavy atom. The molecule has 2 amide bonds. The van der Waals surface area contributed by atoms with Gasteiger partial charge in [-0.1, -0.05) is 12.1 Å². The number of nitrogens with one attached hydrogen (secondary N) is 2. The van der Waals surface area contributed by atoms with Crippen LogP contribution in [0.1, 0.15) is 48.0 Å². The largest absolute Gasteiger partial charge is 0.444 e. The summed E-state index contributed by atoms with van der Waals surface area (Å²) in [5.74, 6) is -0.212. The maximum absolute atomic E-state index is 12.9. The van der Waals surface area contributed by atoms with Crippen LogP contribution < -0.4 is 10.6 Å². The summed E-state index contributed by atoms with van der Waals surface area (Å²) in [5.41, 5.74) is -0.0819. The van der Waals surface area contributed by atoms with Crippen molar-refractivity contribution in [1.29, 1.82) is 0 Å². The molecule has 0 unspecified atom stereocenters. The van der Waals surface area contributed by atoms with Gasteiger partial charge in [-0.3, -0.25) is 9.78 Å². The molecule has 11 heteroatoms. The van der Waals surface area contributed by atoms with E-state index < -0.39 is 29.3 Å². The van der Waals surface area contributed by atoms with Gasteiger partial charge in [0.25, 0.3) is 5.91 Å². The van der Waals surface area contributed by atoms with Gasteiger partial charge >= 0.3 is 12.3 Å². The third-order valence-corrected chi connectivity index (χ3v) is 4.39. The molecule has 0 saturated heterocycles. The number of aromatic nitrogens is 3. The monoisotopic (exact) mass is 475 g/mol. The molecule has 0 aliphatic carbocycles. The van der Waals surface area contributed by atoms with E-state index in [1.165, 1.54) is 24.8 Å². The summed E-state index contributed by atoms with van der Waals surface area (Å²) in [6.45, 7) is 5.57. The van der Waals surface area contributed by atoms with Gasteiger partial charge in [-0.05, 0) is 50.6 Å². The molecule has 3 rings (SSSR count). The first-order valence-corrected chi connectivity index (χ1v) is 10.3. The van der Waals surface area contributed by atoms with E-state index in [1.807, 2.05) is 0 Å². The van der Waals surface area contributed by atoms with Gasteiger partial charge in [0.05, 0.1) is 29.7 Å². The zero-order valence-electron chi connectivity index (χ0n) is 18.8. The van der Waals surface area contributed by atoms with Crippen molar-refractivity contribution >= 4 is 17.8 Å². The lowest BCUT2D eigenvalue weighted by Crippen LogP contribution is -2.32. The van der Waals surface area contributed by atoms with Crippen molar-refractivity contribution < 1.29 is 27.5 Å². The van der Waals surface area contributed by atoms with Crippen molar-refractivity contribution in [2.24, 2.45) is 0 Å². The normalized spacial score (nSPS) is 11.7. The topological polar surface area (TPSA) is 98.1 Å². The molecule has 2 aromatic heterocycles. The van der Waals surface area contributed by atoms with Crippen molar-refractivity contribution in [2.45, 2.75) is 45.6 Å². The second kappa shape index (κ2) is 9.94. The number of imidazole rings is 1. The fourth-order valence-electron chi connectivity index (χ4n) is 2.90. The summed E-state index contributed by atoms with van der Waals surface area (Å²) in [6.07, 6.45) is -0.693. The second-order valence-corrected chi connectivity index (χ2v) is 8.48. The third-order valence-electron chi connectivity index (χ3n) is 4.39. The van der Waals surface area contributed by atoms with Crippen molar-refractivity contribution in [2.75, 3.05) is 5.32 Å². The maximum atomic E-state index is 12.9. The molecule has 0 bridgehead atoms. The van der Waals surface area contributed by atoms with E-state index in [-0.39, 0.29) is 24.5 Å². The number of hydrogen-bond acceptors (Lipinski definition) is 5. The van der Waals surface area contributed by atoms with Gasteiger partial charge in [0.2, 0.25) is 0 Å². The molecule has 8 nitrogen and oxygen atoms in total. The van der Waals surface area contributed by atoms with E-state index in [4.69, 9.17) is 4.74 Å². The summed E-state index contributed by atoms with van der Waals surface area (Å²) < 4.78 is 45.4. The fourth-order valence-corrected chi connectivity index (χ4v) is 2.90. The molecule has 0 saturated carbocycles. The van der Waals surface area contributed by atoms with Gasteiger partial charge in [-0.25, -0.2) is 9.78 Å². The molecule has 0 fully saturated rings. The van der Waals surface area contributed by atoms with E-state index in [0.717, 1.165) is 12.1 Å². The van der Waals surface area contributed by atoms with Crippen LogP contribution >= 0.6 is 0 Å². The number of nitrogens with zero attached hydrogens (tertiary/aromatic N) is 3. The van der Waals surface area contributed by atoms with Crippen molar-refractivity contribution in [3.05, 3.63) is 77.5 Å². The van der Waals surface area contributed by atoms with Crippen LogP contribution in [0.15, 0.2) is 55.1 Å². The van der Waals surface area contributed by atoms with Gasteiger partial charge in [0.1, 0.15) is 5.60 Å². The van der Waals surface area contributed by atoms with Crippen LogP contribution in [0.2, 0.25) is 0 Å². The van der Waals surface area contributed by atoms with Crippen LogP contribution in [0.25, 0.3) is 0 Å². The predicted molar refractivity (Wildman–Crippen MR) is 118 cm³/mol. The standard InChI is InChI=1S/C23H24F3N5O3/c1-22(2,3)34-21(33)28-11-18-8-7-16(10-27-18)20(32)30-19-13-31(14-29-19)12-15-5-4-6-17(9-15)23(24,25)26/h4-10,13-14H,11-12H2,1-3H3,(H,28,33)(H,30,32). The van der Waals surface area contributed by atoms with Crippen LogP contribution in [0.5, 0.6) is 0 Å². The zero-order chi connectivity index (χ0) is 24.9. The summed E-state index contributed by atoms with van der Waals surface area (Å²) in [6, 6.07) is 8.15. The lowest BCUT2D eigenvalue weighted by Gasteiger charge is -2.19. The van der Waals surface area contributed by atoms with Gasteiger partial charge in [-0.15, -0.1) is 0 Å². The maximum Gasteiger partial charge on any atom is 0.416 e. The van der Waals surface area contributed by atoms with Gasteiger partial charge in [0, 0.05) is 18.9 Å². The molecular weight excluding hydrogens is 451 g/mol. The molecule has 2 N–H and O–H groups in total. The molecule has 2 heterocycles. The Kier molecular flexibility index (Phi) is 7.23. The number of hydrogen-bond donors (Lipinski definition) is 2. The van der Waals surface area contributed by atoms with E-state index in [2.05, 4.69) is 20.6 Å². The van der Waals surface area contributed by atoms with E-state index in [0.29, 0.717) is 11.3 Å². The number of rotatable bonds is 6. The van der Waals surface area contributed by atoms with Crippen LogP contribution in [0.3, 0.4) is 0 Å². The lowest BCUT2D eigenvalue weighted by molar-refractivity contribution is -0.137. The van der Waals surface area contributed by atoms with E-state index in [1.54, 1.807) is 43.5 Å². The van der Waals surface area contributed by atoms with E-state index in [9.17, 15) is 22.8 Å². The van der Waals surface area contributed by atoms with Crippen LogP contribution in [-0.4, -0.2) is 32.1 Å². The first-order valence-electron chi connectivity index (χ1n) is 10.3. The SMILES string of the molecule is CC(C)(C)OC(=O)NCc1ccc(C(=O)Nc2cn(Cc3cccc(C(F)(F)F)c3)cn2)cn1. The minimum Gasteiger partial charge on any atom is -0.444 e. The smallest absolute Gasteiger partial charge is 0.416 e. The first-order chi connectivity index (χ1) is 15.9. The molecule has 0 atom stereocenters. The second-order valence-electron chi connectivity index (χ2n) is 8.48. The highest BCUT2D eigenvalue weighted by Crippen LogP contribution is 2.29. The molecule has 0 spiro atoms. The minimum absolute atomic E-state index is 0.136. The third kappa shape index (κ3) is 7.32. The Bertz CT molecular complexity index is 1150. The fraction of sp³-hybridized carbons (Fsp3) is 0.304. The Labute approximate surface area is 194 Å². The van der Waals surface area contributed by atoms with E-state index >= 15 is 0 Å². The van der Waals surface area contributed by atoms with Crippen molar-refractivity contribution in [3.63, 3.8) is 0 Å². The van der Waals surface area contributed by atoms with Crippen LogP contribution in [0, 0.1) is 0 Å². The highest BCUT2D eigenvalue weighted by Gasteiger charge is 2.30. The molecule has 0 aliphatic rings. The number of carbonyl (C=O) groups is 2. The number of alkyl halides is 3. The van der Waals surface area contributed by atoms with Gasteiger partial charge in [0.15, 0.2) is 5.82 Å². The highest BCUT2D eigenvalue weighted by atomic mass is 19.4. The van der Waals surface area contributed by atoms with Crippen LogP contribution in [0.4, 0.5) is 23.8 Å². The zero-order valence-corrected chi connectivity index (χ0v) is 18.8. The van der Waals surface area contributed by atoms with Gasteiger partial charge in [-0.2, -0.15) is 13.2 Å². The summed E-state index contributed by atoms with van der Waals surface area (Å²) in [4.78, 5) is 32.4. The number of anilines is 1. The predicted octanol–water partition coefficient (Wildman–Crippen LogP) is 4.62. The molecule has 0 radical (unpaired) electrons. The van der Waals surface area contributed by atoms with Crippen LogP contribution in [-0.2, 0) is 24.0 Å². The molecule has 1 aromatic carbocycles. The lowest BCUT2D eigenvalue weighted by atomic mass is 10.1. The Morgan fingerprint density at radius 1 is 1.09 bits per heavy atom. The average molecular weight is 475 g/mol. The number of halogens is 3. The molecule has 180 valence electrons. The highest BCUT2D eigenvalue weighted by molar-refractivity contribution is 6.03. The molecule has 34 heavy (non-hydrogen) atoms. The number of ether oxygens (including phenoxy) is 1. The quantitative estimate of drug-likeness (QED) is 0.542. The number of benzene rings is 1. The summed E-state index contributed by atoms with van der Waals surface area (Å²) in [5, 5.41) is 5.19. The van der Waals surface area contributed by atoms with Gasteiger partial charge < -0.3 is 19.9 Å². The Morgan fingerprint density at radius 3 is 2.50 bits per heavy atom. The summed E-state index contributed by atoms with van der Waals surface area (Å²) >= 11 is 0. The Hall–Kier alpha value is -3.89. The summed E-state index contributed by atoms with van der Waals surface area (Å²) in [7, 11) is 0.